The van der Waals surface area contributed by atoms with Gasteiger partial charge in [-0.1, -0.05) is 29.8 Å². The number of carbonyl (C=O) groups excluding carboxylic acids is 1. The van der Waals surface area contributed by atoms with Crippen LogP contribution in [-0.4, -0.2) is 33.5 Å². The van der Waals surface area contributed by atoms with Crippen molar-refractivity contribution in [2.75, 3.05) is 23.3 Å². The summed E-state index contributed by atoms with van der Waals surface area (Å²) in [6.07, 6.45) is 2.16. The molecule has 2 aromatic carbocycles. The third-order valence-electron chi connectivity index (χ3n) is 6.14. The Balaban J connectivity index is 1.68. The van der Waals surface area contributed by atoms with E-state index in [4.69, 9.17) is 21.6 Å². The molecule has 2 aromatic heterocycles. The molecular formula is C25H23ClFN5O. The molecule has 1 aliphatic heterocycles. The molecule has 1 amide bonds. The molecule has 0 aliphatic carbocycles. The molecule has 0 atom stereocenters. The minimum absolute atomic E-state index is 0.0412. The number of benzene rings is 2. The van der Waals surface area contributed by atoms with E-state index in [1.807, 2.05) is 30.3 Å². The highest BCUT2D eigenvalue weighted by atomic mass is 35.5. The minimum Gasteiger partial charge on any atom is -0.356 e. The summed E-state index contributed by atoms with van der Waals surface area (Å²) in [6, 6.07) is 13.8. The smallest absolute Gasteiger partial charge is 0.293 e. The molecular weight excluding hydrogens is 441 g/mol. The second-order valence-electron chi connectivity index (χ2n) is 8.22. The summed E-state index contributed by atoms with van der Waals surface area (Å²) in [7, 11) is 0. The molecule has 4 aromatic rings. The van der Waals surface area contributed by atoms with Crippen molar-refractivity contribution in [2.24, 2.45) is 0 Å². The van der Waals surface area contributed by atoms with Gasteiger partial charge in [0.1, 0.15) is 11.6 Å². The van der Waals surface area contributed by atoms with Crippen molar-refractivity contribution in [1.82, 2.24) is 14.5 Å². The fraction of sp³-hybridized carbons (Fsp3) is 0.240. The molecule has 1 aliphatic rings. The van der Waals surface area contributed by atoms with Crippen molar-refractivity contribution >= 4 is 40.0 Å². The van der Waals surface area contributed by atoms with Gasteiger partial charge in [0, 0.05) is 24.5 Å². The zero-order chi connectivity index (χ0) is 23.1. The Kier molecular flexibility index (Phi) is 5.50. The molecule has 0 spiro atoms. The van der Waals surface area contributed by atoms with E-state index in [-0.39, 0.29) is 10.8 Å². The first-order valence-electron chi connectivity index (χ1n) is 10.9. The van der Waals surface area contributed by atoms with Crippen LogP contribution in [0.2, 0.25) is 5.02 Å². The monoisotopic (exact) mass is 463 g/mol. The molecule has 6 nitrogen and oxygen atoms in total. The van der Waals surface area contributed by atoms with Crippen molar-refractivity contribution in [2.45, 2.75) is 26.7 Å². The molecule has 0 bridgehead atoms. The van der Waals surface area contributed by atoms with E-state index in [2.05, 4.69) is 28.6 Å². The molecule has 5 rings (SSSR count). The van der Waals surface area contributed by atoms with Gasteiger partial charge < -0.3 is 10.2 Å². The van der Waals surface area contributed by atoms with E-state index in [0.717, 1.165) is 60.1 Å². The van der Waals surface area contributed by atoms with Crippen molar-refractivity contribution in [3.63, 3.8) is 0 Å². The number of aryl methyl sites for hydroxylation is 1. The van der Waals surface area contributed by atoms with Gasteiger partial charge in [0.2, 0.25) is 5.82 Å². The van der Waals surface area contributed by atoms with Crippen LogP contribution in [0.15, 0.2) is 48.5 Å². The molecule has 0 radical (unpaired) electrons. The predicted octanol–water partition coefficient (Wildman–Crippen LogP) is 5.68. The Hall–Kier alpha value is -3.45. The zero-order valence-corrected chi connectivity index (χ0v) is 19.2. The number of para-hydroxylation sites is 1. The quantitative estimate of drug-likeness (QED) is 0.422. The summed E-state index contributed by atoms with van der Waals surface area (Å²) >= 11 is 6.11. The van der Waals surface area contributed by atoms with Crippen LogP contribution >= 0.6 is 11.6 Å². The normalized spacial score (nSPS) is 13.6. The van der Waals surface area contributed by atoms with Gasteiger partial charge in [-0.3, -0.25) is 9.36 Å². The minimum atomic E-state index is -0.498. The largest absolute Gasteiger partial charge is 0.356 e. The van der Waals surface area contributed by atoms with E-state index < -0.39 is 11.7 Å². The third-order valence-corrected chi connectivity index (χ3v) is 6.45. The number of hydrogen-bond acceptors (Lipinski definition) is 4. The summed E-state index contributed by atoms with van der Waals surface area (Å²) in [4.78, 5) is 24.8. The van der Waals surface area contributed by atoms with Gasteiger partial charge in [-0.15, -0.1) is 0 Å². The van der Waals surface area contributed by atoms with Gasteiger partial charge in [0.25, 0.3) is 5.91 Å². The third kappa shape index (κ3) is 3.82. The number of anilines is 2. The average molecular weight is 464 g/mol. The van der Waals surface area contributed by atoms with Gasteiger partial charge in [0.15, 0.2) is 5.65 Å². The molecule has 33 heavy (non-hydrogen) atoms. The van der Waals surface area contributed by atoms with E-state index in [1.54, 1.807) is 0 Å². The molecule has 1 N–H and O–H groups in total. The first-order valence-corrected chi connectivity index (χ1v) is 11.3. The lowest BCUT2D eigenvalue weighted by molar-refractivity contribution is 0.101. The number of amides is 1. The Morgan fingerprint density at radius 1 is 1.06 bits per heavy atom. The number of nitrogens with zero attached hydrogens (tertiary/aromatic N) is 4. The van der Waals surface area contributed by atoms with E-state index >= 15 is 0 Å². The number of nitrogens with one attached hydrogen (secondary N) is 1. The summed E-state index contributed by atoms with van der Waals surface area (Å²) in [5, 5.41) is 3.79. The molecule has 8 heteroatoms. The SMILES string of the molecule is Cc1c(C)n(-c2ccccc2)c2nc(C(=O)Nc3ccc(F)cc3Cl)nc(N3CCCC3)c12. The van der Waals surface area contributed by atoms with Gasteiger partial charge in [-0.2, -0.15) is 0 Å². The average Bonchev–Trinajstić information content (AvgIpc) is 3.43. The van der Waals surface area contributed by atoms with Crippen LogP contribution in [-0.2, 0) is 0 Å². The van der Waals surface area contributed by atoms with Crippen molar-refractivity contribution in [3.05, 3.63) is 76.5 Å². The van der Waals surface area contributed by atoms with Crippen molar-refractivity contribution in [3.8, 4) is 5.69 Å². The van der Waals surface area contributed by atoms with Crippen molar-refractivity contribution in [1.29, 1.82) is 0 Å². The predicted molar refractivity (Wildman–Crippen MR) is 129 cm³/mol. The molecule has 168 valence electrons. The lowest BCUT2D eigenvalue weighted by Gasteiger charge is -2.19. The maximum Gasteiger partial charge on any atom is 0.293 e. The summed E-state index contributed by atoms with van der Waals surface area (Å²) in [5.41, 5.74) is 4.09. The molecule has 1 saturated heterocycles. The Bertz CT molecular complexity index is 1360. The fourth-order valence-corrected chi connectivity index (χ4v) is 4.58. The highest BCUT2D eigenvalue weighted by Gasteiger charge is 2.26. The van der Waals surface area contributed by atoms with Crippen LogP contribution in [0.25, 0.3) is 16.7 Å². The summed E-state index contributed by atoms with van der Waals surface area (Å²) in [6.45, 7) is 5.88. The molecule has 3 heterocycles. The van der Waals surface area contributed by atoms with E-state index in [0.29, 0.717) is 11.3 Å². The maximum absolute atomic E-state index is 13.4. The highest BCUT2D eigenvalue weighted by molar-refractivity contribution is 6.33. The Labute approximate surface area is 196 Å². The van der Waals surface area contributed by atoms with Gasteiger partial charge >= 0.3 is 0 Å². The zero-order valence-electron chi connectivity index (χ0n) is 18.4. The number of halogens is 2. The fourth-order valence-electron chi connectivity index (χ4n) is 4.36. The van der Waals surface area contributed by atoms with Crippen LogP contribution in [0.4, 0.5) is 15.9 Å². The van der Waals surface area contributed by atoms with Crippen LogP contribution in [0.5, 0.6) is 0 Å². The van der Waals surface area contributed by atoms with Crippen LogP contribution in [0, 0.1) is 19.7 Å². The maximum atomic E-state index is 13.4. The lowest BCUT2D eigenvalue weighted by atomic mass is 10.2. The lowest BCUT2D eigenvalue weighted by Crippen LogP contribution is -2.23. The van der Waals surface area contributed by atoms with Crippen molar-refractivity contribution < 1.29 is 9.18 Å². The standard InChI is InChI=1S/C25H23ClFN5O/c1-15-16(2)32(18-8-4-3-5-9-18)24-21(15)23(31-12-6-7-13-31)29-22(30-24)25(33)28-20-11-10-17(27)14-19(20)26/h3-5,8-11,14H,6-7,12-13H2,1-2H3,(H,28,33). The molecule has 0 unspecified atom stereocenters. The Morgan fingerprint density at radius 3 is 2.48 bits per heavy atom. The van der Waals surface area contributed by atoms with Gasteiger partial charge in [-0.25, -0.2) is 14.4 Å². The first-order chi connectivity index (χ1) is 15.9. The van der Waals surface area contributed by atoms with Crippen LogP contribution < -0.4 is 10.2 Å². The first kappa shape index (κ1) is 21.4. The Morgan fingerprint density at radius 2 is 1.79 bits per heavy atom. The van der Waals surface area contributed by atoms with Crippen LogP contribution in [0.1, 0.15) is 34.7 Å². The topological polar surface area (TPSA) is 63.1 Å². The molecule has 1 fully saturated rings. The van der Waals surface area contributed by atoms with Gasteiger partial charge in [-0.05, 0) is 62.6 Å². The van der Waals surface area contributed by atoms with E-state index in [1.165, 1.54) is 12.1 Å². The summed E-state index contributed by atoms with van der Waals surface area (Å²) in [5.74, 6) is -0.164. The number of rotatable bonds is 4. The molecule has 0 saturated carbocycles. The number of fused-ring (bicyclic) bond motifs is 1. The number of aromatic nitrogens is 3. The number of hydrogen-bond donors (Lipinski definition) is 1. The second kappa shape index (κ2) is 8.48. The summed E-state index contributed by atoms with van der Waals surface area (Å²) < 4.78 is 15.5. The number of carbonyl (C=O) groups is 1. The van der Waals surface area contributed by atoms with Gasteiger partial charge in [0.05, 0.1) is 16.1 Å². The van der Waals surface area contributed by atoms with E-state index in [9.17, 15) is 9.18 Å². The van der Waals surface area contributed by atoms with Crippen LogP contribution in [0.3, 0.4) is 0 Å². The highest BCUT2D eigenvalue weighted by Crippen LogP contribution is 2.35. The second-order valence-corrected chi connectivity index (χ2v) is 8.63.